The van der Waals surface area contributed by atoms with E-state index in [4.69, 9.17) is 18.9 Å². The van der Waals surface area contributed by atoms with Crippen molar-refractivity contribution in [3.8, 4) is 5.75 Å². The Balaban J connectivity index is 1.83. The first-order valence-electron chi connectivity index (χ1n) is 11.5. The van der Waals surface area contributed by atoms with Crippen LogP contribution in [0.25, 0.3) is 0 Å². The van der Waals surface area contributed by atoms with Crippen molar-refractivity contribution in [2.75, 3.05) is 20.8 Å². The van der Waals surface area contributed by atoms with Crippen molar-refractivity contribution < 1.29 is 28.5 Å². The molecule has 0 aromatic heterocycles. The summed E-state index contributed by atoms with van der Waals surface area (Å²) in [5.74, 6) is -0.354. The number of benzene rings is 2. The van der Waals surface area contributed by atoms with Crippen molar-refractivity contribution in [2.45, 2.75) is 51.7 Å². The molecule has 0 spiro atoms. The molecule has 6 nitrogen and oxygen atoms in total. The van der Waals surface area contributed by atoms with Gasteiger partial charge >= 0.3 is 11.9 Å². The topological polar surface area (TPSA) is 71.1 Å². The summed E-state index contributed by atoms with van der Waals surface area (Å²) in [4.78, 5) is 25.1. The Morgan fingerprint density at radius 3 is 2.53 bits per heavy atom. The van der Waals surface area contributed by atoms with E-state index < -0.39 is 11.3 Å². The maximum Gasteiger partial charge on any atom is 0.311 e. The monoisotopic (exact) mass is 466 g/mol. The van der Waals surface area contributed by atoms with E-state index in [-0.39, 0.29) is 31.1 Å². The Labute approximate surface area is 201 Å². The molecule has 0 heterocycles. The lowest BCUT2D eigenvalue weighted by atomic mass is 9.72. The van der Waals surface area contributed by atoms with Crippen molar-refractivity contribution >= 4 is 11.9 Å². The van der Waals surface area contributed by atoms with Crippen LogP contribution < -0.4 is 4.74 Å². The first-order chi connectivity index (χ1) is 16.3. The van der Waals surface area contributed by atoms with Gasteiger partial charge in [0.1, 0.15) is 12.4 Å². The number of fused-ring (bicyclic) bond motifs is 1. The minimum absolute atomic E-state index is 0.0494. The average Bonchev–Trinajstić information content (AvgIpc) is 3.26. The number of rotatable bonds is 11. The number of esters is 2. The van der Waals surface area contributed by atoms with Gasteiger partial charge in [0.25, 0.3) is 0 Å². The number of aryl methyl sites for hydroxylation is 1. The van der Waals surface area contributed by atoms with Crippen LogP contribution in [-0.4, -0.2) is 32.8 Å². The molecular weight excluding hydrogens is 432 g/mol. The van der Waals surface area contributed by atoms with Crippen LogP contribution in [-0.2, 0) is 36.8 Å². The fourth-order valence-corrected chi connectivity index (χ4v) is 4.46. The van der Waals surface area contributed by atoms with Gasteiger partial charge in [-0.15, -0.1) is 0 Å². The summed E-state index contributed by atoms with van der Waals surface area (Å²) < 4.78 is 21.8. The second kappa shape index (κ2) is 11.3. The molecule has 0 amide bonds. The van der Waals surface area contributed by atoms with Gasteiger partial charge in [0.05, 0.1) is 38.8 Å². The lowest BCUT2D eigenvalue weighted by molar-refractivity contribution is -0.153. The average molecular weight is 467 g/mol. The lowest BCUT2D eigenvalue weighted by Gasteiger charge is -2.32. The molecule has 6 heteroatoms. The number of hydrogen-bond acceptors (Lipinski definition) is 6. The molecule has 0 aliphatic heterocycles. The molecule has 2 aromatic carbocycles. The normalized spacial score (nSPS) is 15.8. The second-order valence-electron chi connectivity index (χ2n) is 9.09. The molecule has 2 aromatic rings. The third-order valence-electron chi connectivity index (χ3n) is 6.52. The summed E-state index contributed by atoms with van der Waals surface area (Å²) in [5.41, 5.74) is 3.38. The minimum Gasteiger partial charge on any atom is -0.497 e. The smallest absolute Gasteiger partial charge is 0.311 e. The van der Waals surface area contributed by atoms with E-state index in [0.29, 0.717) is 6.61 Å². The van der Waals surface area contributed by atoms with Gasteiger partial charge in [-0.2, -0.15) is 0 Å². The molecule has 0 N–H and O–H groups in total. The largest absolute Gasteiger partial charge is 0.497 e. The summed E-state index contributed by atoms with van der Waals surface area (Å²) in [6, 6.07) is 14.0. The van der Waals surface area contributed by atoms with Crippen LogP contribution in [0.3, 0.4) is 0 Å². The molecule has 2 unspecified atom stereocenters. The zero-order chi connectivity index (χ0) is 24.7. The fourth-order valence-electron chi connectivity index (χ4n) is 4.46. The van der Waals surface area contributed by atoms with E-state index in [9.17, 15) is 9.59 Å². The highest BCUT2D eigenvalue weighted by Crippen LogP contribution is 2.43. The van der Waals surface area contributed by atoms with Gasteiger partial charge in [-0.05, 0) is 61.1 Å². The van der Waals surface area contributed by atoms with E-state index >= 15 is 0 Å². The van der Waals surface area contributed by atoms with Crippen LogP contribution in [0.5, 0.6) is 5.75 Å². The Bertz CT molecular complexity index is 1010. The van der Waals surface area contributed by atoms with Gasteiger partial charge in [-0.25, -0.2) is 0 Å². The minimum atomic E-state index is -0.922. The molecule has 0 bridgehead atoms. The molecule has 182 valence electrons. The molecule has 34 heavy (non-hydrogen) atoms. The quantitative estimate of drug-likeness (QED) is 0.331. The molecular formula is C28H34O6. The summed E-state index contributed by atoms with van der Waals surface area (Å²) >= 11 is 0. The van der Waals surface area contributed by atoms with Crippen molar-refractivity contribution in [1.29, 1.82) is 0 Å². The predicted octanol–water partition coefficient (Wildman–Crippen LogP) is 5.30. The summed E-state index contributed by atoms with van der Waals surface area (Å²) in [6.45, 7) is 7.81. The van der Waals surface area contributed by atoms with Crippen LogP contribution in [0.15, 0.2) is 55.1 Å². The van der Waals surface area contributed by atoms with Crippen molar-refractivity contribution in [2.24, 2.45) is 5.41 Å². The van der Waals surface area contributed by atoms with Gasteiger partial charge in [-0.3, -0.25) is 9.59 Å². The Morgan fingerprint density at radius 1 is 1.15 bits per heavy atom. The van der Waals surface area contributed by atoms with Crippen LogP contribution >= 0.6 is 0 Å². The second-order valence-corrected chi connectivity index (χ2v) is 9.09. The van der Waals surface area contributed by atoms with Gasteiger partial charge in [0.15, 0.2) is 0 Å². The number of ether oxygens (including phenoxy) is 4. The third kappa shape index (κ3) is 5.86. The van der Waals surface area contributed by atoms with E-state index in [1.807, 2.05) is 30.3 Å². The lowest BCUT2D eigenvalue weighted by Crippen LogP contribution is -2.34. The van der Waals surface area contributed by atoms with Crippen molar-refractivity contribution in [3.05, 3.63) is 77.4 Å². The summed E-state index contributed by atoms with van der Waals surface area (Å²) in [5, 5.41) is 0. The molecule has 3 rings (SSSR count). The first kappa shape index (κ1) is 25.5. The molecule has 0 saturated carbocycles. The molecule has 2 atom stereocenters. The Morgan fingerprint density at radius 2 is 1.88 bits per heavy atom. The Hall–Kier alpha value is -3.12. The number of hydrogen-bond donors (Lipinski definition) is 0. The van der Waals surface area contributed by atoms with Crippen LogP contribution in [0.2, 0.25) is 0 Å². The van der Waals surface area contributed by atoms with Gasteiger partial charge in [-0.1, -0.05) is 43.0 Å². The molecule has 0 radical (unpaired) electrons. The van der Waals surface area contributed by atoms with Crippen LogP contribution in [0.1, 0.15) is 61.0 Å². The van der Waals surface area contributed by atoms with E-state index in [1.165, 1.54) is 18.7 Å². The van der Waals surface area contributed by atoms with Crippen LogP contribution in [0, 0.1) is 5.41 Å². The maximum atomic E-state index is 12.6. The van der Waals surface area contributed by atoms with Gasteiger partial charge < -0.3 is 18.9 Å². The highest BCUT2D eigenvalue weighted by atomic mass is 16.5. The zero-order valence-corrected chi connectivity index (χ0v) is 20.5. The zero-order valence-electron chi connectivity index (χ0n) is 20.5. The van der Waals surface area contributed by atoms with Crippen molar-refractivity contribution in [1.82, 2.24) is 0 Å². The highest BCUT2D eigenvalue weighted by molar-refractivity contribution is 5.79. The fraction of sp³-hybridized carbons (Fsp3) is 0.429. The molecule has 1 aliphatic carbocycles. The standard InChI is InChI=1S/C28H34O6/c1-6-15-33-26(29)17-24(28(2,3)27(30)32-5)21-10-9-20-11-14-25(23(20)16-21)34-18-19-7-12-22(31-4)13-8-19/h6-10,12-13,16,24-25H,1,11,14-15,17-18H2,2-5H3. The van der Waals surface area contributed by atoms with Gasteiger partial charge in [0.2, 0.25) is 0 Å². The van der Waals surface area contributed by atoms with Gasteiger partial charge in [0, 0.05) is 5.92 Å². The molecule has 1 aliphatic rings. The number of carbonyl (C=O) groups excluding carboxylic acids is 2. The van der Waals surface area contributed by atoms with E-state index in [2.05, 4.69) is 18.7 Å². The van der Waals surface area contributed by atoms with E-state index in [1.54, 1.807) is 21.0 Å². The Kier molecular flexibility index (Phi) is 8.51. The number of methoxy groups -OCH3 is 2. The number of carbonyl (C=O) groups is 2. The maximum absolute atomic E-state index is 12.6. The third-order valence-corrected chi connectivity index (χ3v) is 6.52. The predicted molar refractivity (Wildman–Crippen MR) is 130 cm³/mol. The molecule has 0 fully saturated rings. The van der Waals surface area contributed by atoms with E-state index in [0.717, 1.165) is 35.3 Å². The summed E-state index contributed by atoms with van der Waals surface area (Å²) in [7, 11) is 3.01. The highest BCUT2D eigenvalue weighted by Gasteiger charge is 2.41. The van der Waals surface area contributed by atoms with Crippen LogP contribution in [0.4, 0.5) is 0 Å². The first-order valence-corrected chi connectivity index (χ1v) is 11.5. The SMILES string of the molecule is C=CCOC(=O)CC(c1ccc2c(c1)C(OCc1ccc(OC)cc1)CC2)C(C)(C)C(=O)OC. The summed E-state index contributed by atoms with van der Waals surface area (Å²) in [6.07, 6.45) is 3.35. The molecule has 0 saturated heterocycles. The van der Waals surface area contributed by atoms with Crippen molar-refractivity contribution in [3.63, 3.8) is 0 Å².